The third-order valence-electron chi connectivity index (χ3n) is 4.38. The lowest BCUT2D eigenvalue weighted by Gasteiger charge is -2.40. The van der Waals surface area contributed by atoms with Crippen molar-refractivity contribution >= 4 is 17.4 Å². The molecule has 1 heterocycles. The van der Waals surface area contributed by atoms with Crippen molar-refractivity contribution in [2.75, 3.05) is 14.1 Å². The molecule has 1 aliphatic carbocycles. The van der Waals surface area contributed by atoms with Crippen molar-refractivity contribution in [2.45, 2.75) is 51.1 Å². The molecule has 0 unspecified atom stereocenters. The molecule has 0 atom stereocenters. The molecule has 1 saturated carbocycles. The van der Waals surface area contributed by atoms with Crippen LogP contribution in [0, 0.1) is 0 Å². The number of nitrogens with zero attached hydrogens (tertiary/aromatic N) is 3. The highest BCUT2D eigenvalue weighted by Gasteiger charge is 2.36. The van der Waals surface area contributed by atoms with Gasteiger partial charge in [-0.1, -0.05) is 18.5 Å². The molecule has 5 heteroatoms. The van der Waals surface area contributed by atoms with E-state index in [4.69, 9.17) is 17.3 Å². The number of nitrogens with two attached hydrogens (primary N) is 1. The summed E-state index contributed by atoms with van der Waals surface area (Å²) in [6.07, 6.45) is 6.93. The van der Waals surface area contributed by atoms with E-state index in [-0.39, 0.29) is 0 Å². The van der Waals surface area contributed by atoms with Gasteiger partial charge in [-0.25, -0.2) is 4.98 Å². The molecule has 0 aliphatic heterocycles. The standard InChI is InChI=1S/C14H24ClN4/c1-4-12-13(15)14(18-9-17-12)19(2,3)11-7-5-10(16)6-8-11/h9-11H,4-8,16H2,1-3H3/q+1. The van der Waals surface area contributed by atoms with Crippen molar-refractivity contribution in [3.8, 4) is 0 Å². The Hall–Kier alpha value is -0.710. The number of hydrogen-bond acceptors (Lipinski definition) is 3. The van der Waals surface area contributed by atoms with E-state index < -0.39 is 0 Å². The average Bonchev–Trinajstić information content (AvgIpc) is 2.39. The fourth-order valence-corrected chi connectivity index (χ4v) is 3.41. The van der Waals surface area contributed by atoms with Gasteiger partial charge >= 0.3 is 0 Å². The first-order valence-electron chi connectivity index (χ1n) is 7.06. The molecule has 0 radical (unpaired) electrons. The minimum Gasteiger partial charge on any atom is -0.328 e. The zero-order valence-corrected chi connectivity index (χ0v) is 12.8. The molecule has 4 nitrogen and oxygen atoms in total. The molecule has 0 aromatic carbocycles. The molecule has 2 N–H and O–H groups in total. The van der Waals surface area contributed by atoms with Gasteiger partial charge in [0.1, 0.15) is 11.3 Å². The largest absolute Gasteiger partial charge is 0.328 e. The van der Waals surface area contributed by atoms with Crippen LogP contribution in [0.25, 0.3) is 0 Å². The molecule has 19 heavy (non-hydrogen) atoms. The molecule has 0 bridgehead atoms. The average molecular weight is 284 g/mol. The molecule has 1 aromatic rings. The van der Waals surface area contributed by atoms with Crippen LogP contribution in [0.5, 0.6) is 0 Å². The fraction of sp³-hybridized carbons (Fsp3) is 0.714. The van der Waals surface area contributed by atoms with Gasteiger partial charge in [0.05, 0.1) is 25.8 Å². The van der Waals surface area contributed by atoms with Crippen LogP contribution in [0.4, 0.5) is 5.82 Å². The number of rotatable bonds is 3. The van der Waals surface area contributed by atoms with E-state index in [1.54, 1.807) is 6.33 Å². The quantitative estimate of drug-likeness (QED) is 0.868. The van der Waals surface area contributed by atoms with Gasteiger partial charge in [-0.05, 0) is 19.3 Å². The summed E-state index contributed by atoms with van der Waals surface area (Å²) in [6.45, 7) is 2.07. The lowest BCUT2D eigenvalue weighted by Crippen LogP contribution is -2.53. The first kappa shape index (κ1) is 14.7. The molecule has 0 amide bonds. The van der Waals surface area contributed by atoms with E-state index in [0.29, 0.717) is 12.1 Å². The molecule has 1 aliphatic rings. The van der Waals surface area contributed by atoms with Crippen LogP contribution in [0.3, 0.4) is 0 Å². The van der Waals surface area contributed by atoms with Gasteiger partial charge in [0.25, 0.3) is 0 Å². The van der Waals surface area contributed by atoms with Gasteiger partial charge in [0.15, 0.2) is 0 Å². The fourth-order valence-electron chi connectivity index (χ4n) is 2.96. The van der Waals surface area contributed by atoms with Gasteiger partial charge < -0.3 is 5.73 Å². The van der Waals surface area contributed by atoms with Crippen LogP contribution in [-0.4, -0.2) is 36.1 Å². The van der Waals surface area contributed by atoms with Crippen LogP contribution < -0.4 is 10.2 Å². The van der Waals surface area contributed by atoms with Crippen molar-refractivity contribution in [2.24, 2.45) is 5.73 Å². The summed E-state index contributed by atoms with van der Waals surface area (Å²) in [7, 11) is 4.38. The van der Waals surface area contributed by atoms with Gasteiger partial charge in [-0.15, -0.1) is 0 Å². The normalized spacial score (nSPS) is 24.5. The number of hydrogen-bond donors (Lipinski definition) is 1. The summed E-state index contributed by atoms with van der Waals surface area (Å²) in [6, 6.07) is 0.903. The third kappa shape index (κ3) is 2.91. The van der Waals surface area contributed by atoms with E-state index in [1.165, 1.54) is 0 Å². The molecular formula is C14H24ClN4+. The number of aryl methyl sites for hydroxylation is 1. The van der Waals surface area contributed by atoms with Crippen LogP contribution in [0.15, 0.2) is 6.33 Å². The second kappa shape index (κ2) is 5.73. The minimum atomic E-state index is 0.364. The number of aromatic nitrogens is 2. The van der Waals surface area contributed by atoms with Gasteiger partial charge in [-0.3, -0.25) is 4.48 Å². The molecule has 1 aromatic heterocycles. The SMILES string of the molecule is CCc1ncnc([N+](C)(C)C2CCC(N)CC2)c1Cl. The maximum atomic E-state index is 6.48. The molecule has 1 fully saturated rings. The summed E-state index contributed by atoms with van der Waals surface area (Å²) in [5, 5.41) is 0.727. The smallest absolute Gasteiger partial charge is 0.249 e. The highest BCUT2D eigenvalue weighted by Crippen LogP contribution is 2.34. The molecule has 2 rings (SSSR count). The second-order valence-electron chi connectivity index (χ2n) is 5.92. The van der Waals surface area contributed by atoms with E-state index in [9.17, 15) is 0 Å². The Kier molecular flexibility index (Phi) is 4.43. The summed E-state index contributed by atoms with van der Waals surface area (Å²) >= 11 is 6.48. The van der Waals surface area contributed by atoms with Crippen molar-refractivity contribution in [3.05, 3.63) is 17.0 Å². The van der Waals surface area contributed by atoms with Crippen LogP contribution in [0.1, 0.15) is 38.3 Å². The monoisotopic (exact) mass is 283 g/mol. The first-order chi connectivity index (χ1) is 8.96. The Morgan fingerprint density at radius 3 is 2.47 bits per heavy atom. The third-order valence-corrected chi connectivity index (χ3v) is 4.77. The summed E-state index contributed by atoms with van der Waals surface area (Å²) in [5.41, 5.74) is 6.93. The number of quaternary nitrogens is 1. The Bertz CT molecular complexity index is 439. The maximum Gasteiger partial charge on any atom is 0.249 e. The predicted molar refractivity (Wildman–Crippen MR) is 80.3 cm³/mol. The van der Waals surface area contributed by atoms with E-state index in [2.05, 4.69) is 31.0 Å². The topological polar surface area (TPSA) is 51.8 Å². The van der Waals surface area contributed by atoms with E-state index in [1.807, 2.05) is 0 Å². The summed E-state index contributed by atoms with van der Waals surface area (Å²) in [5.74, 6) is 0.939. The highest BCUT2D eigenvalue weighted by atomic mass is 35.5. The van der Waals surface area contributed by atoms with E-state index in [0.717, 1.165) is 53.1 Å². The van der Waals surface area contributed by atoms with Gasteiger partial charge in [0, 0.05) is 18.9 Å². The zero-order valence-electron chi connectivity index (χ0n) is 12.1. The van der Waals surface area contributed by atoms with Crippen LogP contribution >= 0.6 is 11.6 Å². The van der Waals surface area contributed by atoms with Crippen LogP contribution in [0.2, 0.25) is 5.02 Å². The van der Waals surface area contributed by atoms with Gasteiger partial charge in [-0.2, -0.15) is 4.98 Å². The lowest BCUT2D eigenvalue weighted by atomic mass is 9.90. The van der Waals surface area contributed by atoms with E-state index >= 15 is 0 Å². The molecular weight excluding hydrogens is 260 g/mol. The Morgan fingerprint density at radius 1 is 1.26 bits per heavy atom. The lowest BCUT2D eigenvalue weighted by molar-refractivity contribution is 0.213. The zero-order chi connectivity index (χ0) is 14.0. The molecule has 0 saturated heterocycles. The Morgan fingerprint density at radius 2 is 1.89 bits per heavy atom. The predicted octanol–water partition coefficient (Wildman–Crippen LogP) is 2.53. The molecule has 106 valence electrons. The Labute approximate surface area is 120 Å². The van der Waals surface area contributed by atoms with Crippen molar-refractivity contribution in [1.29, 1.82) is 0 Å². The first-order valence-corrected chi connectivity index (χ1v) is 7.43. The van der Waals surface area contributed by atoms with Gasteiger partial charge in [0.2, 0.25) is 5.82 Å². The highest BCUT2D eigenvalue weighted by molar-refractivity contribution is 6.33. The Balaban J connectivity index is 2.28. The molecule has 0 spiro atoms. The summed E-state index contributed by atoms with van der Waals surface area (Å²) < 4.78 is 0.723. The van der Waals surface area contributed by atoms with Crippen molar-refractivity contribution in [1.82, 2.24) is 14.5 Å². The van der Waals surface area contributed by atoms with Crippen molar-refractivity contribution < 1.29 is 0 Å². The minimum absolute atomic E-state index is 0.364. The van der Waals surface area contributed by atoms with Crippen molar-refractivity contribution in [3.63, 3.8) is 0 Å². The summed E-state index contributed by atoms with van der Waals surface area (Å²) in [4.78, 5) is 8.71. The van der Waals surface area contributed by atoms with Crippen LogP contribution in [-0.2, 0) is 6.42 Å². The second-order valence-corrected chi connectivity index (χ2v) is 6.30. The maximum absolute atomic E-state index is 6.48. The number of halogens is 1.